The second kappa shape index (κ2) is 12.0. The van der Waals surface area contributed by atoms with E-state index in [1.165, 1.54) is 0 Å². The molecule has 1 aliphatic carbocycles. The van der Waals surface area contributed by atoms with Gasteiger partial charge in [0, 0.05) is 25.6 Å². The van der Waals surface area contributed by atoms with Gasteiger partial charge in [-0.25, -0.2) is 4.98 Å². The van der Waals surface area contributed by atoms with Gasteiger partial charge in [0.1, 0.15) is 12.2 Å². The van der Waals surface area contributed by atoms with Gasteiger partial charge in [0.25, 0.3) is 0 Å². The maximum Gasteiger partial charge on any atom is 0.229 e. The Morgan fingerprint density at radius 1 is 1.18 bits per heavy atom. The zero-order valence-corrected chi connectivity index (χ0v) is 23.3. The zero-order chi connectivity index (χ0) is 28.4. The highest BCUT2D eigenvalue weighted by Crippen LogP contribution is 2.35. The molecule has 1 saturated heterocycles. The van der Waals surface area contributed by atoms with Gasteiger partial charge < -0.3 is 40.3 Å². The van der Waals surface area contributed by atoms with E-state index in [1.807, 2.05) is 30.3 Å². The molecule has 0 bridgehead atoms. The number of aromatic nitrogens is 4. The van der Waals surface area contributed by atoms with Gasteiger partial charge >= 0.3 is 0 Å². The summed E-state index contributed by atoms with van der Waals surface area (Å²) in [5.74, 6) is 0.869. The van der Waals surface area contributed by atoms with E-state index in [1.54, 1.807) is 17.8 Å². The first-order chi connectivity index (χ1) is 19.3. The fraction of sp³-hybridized carbons (Fsp3) is 0.571. The first-order valence-corrected chi connectivity index (χ1v) is 14.0. The van der Waals surface area contributed by atoms with Crippen LogP contribution in [0.15, 0.2) is 36.7 Å². The van der Waals surface area contributed by atoms with Crippen molar-refractivity contribution in [2.45, 2.75) is 69.0 Å². The summed E-state index contributed by atoms with van der Waals surface area (Å²) in [6, 6.07) is 8.89. The normalized spacial score (nSPS) is 25.6. The Bertz CT molecular complexity index is 1300. The number of carbonyl (C=O) groups excluding carboxylic acids is 1. The Balaban J connectivity index is 1.50. The number of amides is 1. The van der Waals surface area contributed by atoms with Crippen molar-refractivity contribution in [3.05, 3.63) is 42.2 Å². The molecule has 5 N–H and O–H groups in total. The molecular weight excluding hydrogens is 512 g/mol. The minimum absolute atomic E-state index is 0.102. The van der Waals surface area contributed by atoms with E-state index >= 15 is 0 Å². The molecule has 1 saturated carbocycles. The lowest BCUT2D eigenvalue weighted by molar-refractivity contribution is -0.122. The van der Waals surface area contributed by atoms with Crippen molar-refractivity contribution in [3.8, 4) is 0 Å². The summed E-state index contributed by atoms with van der Waals surface area (Å²) in [4.78, 5) is 30.8. The van der Waals surface area contributed by atoms with E-state index < -0.39 is 24.3 Å². The zero-order valence-electron chi connectivity index (χ0n) is 23.3. The van der Waals surface area contributed by atoms with Crippen LogP contribution in [-0.2, 0) is 11.2 Å². The van der Waals surface area contributed by atoms with Crippen molar-refractivity contribution in [2.75, 3.05) is 44.0 Å². The molecule has 2 aromatic heterocycles. The van der Waals surface area contributed by atoms with E-state index in [4.69, 9.17) is 9.97 Å². The van der Waals surface area contributed by atoms with Crippen LogP contribution in [0.4, 0.5) is 11.8 Å². The number of benzene rings is 1. The molecular formula is C28H40N8O4. The maximum absolute atomic E-state index is 12.0. The Labute approximate surface area is 234 Å². The summed E-state index contributed by atoms with van der Waals surface area (Å²) in [6.45, 7) is 3.22. The van der Waals surface area contributed by atoms with Crippen molar-refractivity contribution in [1.29, 1.82) is 0 Å². The molecule has 0 spiro atoms. The molecule has 2 aliphatic rings. The molecule has 3 heterocycles. The summed E-state index contributed by atoms with van der Waals surface area (Å²) in [6.07, 6.45) is 1.59. The van der Waals surface area contributed by atoms with Gasteiger partial charge in [0.2, 0.25) is 11.9 Å². The number of hydrogen-bond acceptors (Lipinski definition) is 10. The Morgan fingerprint density at radius 3 is 2.62 bits per heavy atom. The molecule has 1 aliphatic heterocycles. The molecule has 3 aromatic rings. The lowest BCUT2D eigenvalue weighted by atomic mass is 10.1. The summed E-state index contributed by atoms with van der Waals surface area (Å²) >= 11 is 0. The van der Waals surface area contributed by atoms with Gasteiger partial charge in [0.05, 0.1) is 31.1 Å². The molecule has 40 heavy (non-hydrogen) atoms. The minimum atomic E-state index is -1.11. The van der Waals surface area contributed by atoms with Crippen LogP contribution in [0, 0.1) is 0 Å². The van der Waals surface area contributed by atoms with Crippen molar-refractivity contribution in [1.82, 2.24) is 29.7 Å². The molecule has 6 atom stereocenters. The van der Waals surface area contributed by atoms with Crippen LogP contribution in [0.25, 0.3) is 11.2 Å². The van der Waals surface area contributed by atoms with E-state index in [0.717, 1.165) is 25.1 Å². The molecule has 1 aromatic carbocycles. The number of hydrogen-bond donors (Lipinski definition) is 5. The number of anilines is 2. The number of likely N-dealkylation sites (N-methyl/N-ethyl adjacent to an activating group) is 1. The number of nitrogens with zero attached hydrogens (tertiary/aromatic N) is 6. The predicted molar refractivity (Wildman–Crippen MR) is 152 cm³/mol. The van der Waals surface area contributed by atoms with E-state index in [0.29, 0.717) is 48.2 Å². The van der Waals surface area contributed by atoms with Gasteiger partial charge in [-0.2, -0.15) is 9.97 Å². The standard InChI is InChI=1S/C28H40N8O4/c1-4-22(38)31-20-13-21(25(40)24(20)39)36-16-29-23-26(30-18(15-37)12-17-8-6-5-7-9-17)32-28(33-27(23)36)35-11-10-19(14-35)34(2)3/h5-9,16,18-21,24-25,37,39-40H,4,10-15H2,1-3H3,(H,31,38)(H,30,32,33)/t18-,19+,20-,21+,24+,25-/m0/s1. The van der Waals surface area contributed by atoms with Gasteiger partial charge in [0.15, 0.2) is 17.0 Å². The number of nitrogens with one attached hydrogen (secondary N) is 2. The summed E-state index contributed by atoms with van der Waals surface area (Å²) in [5, 5.41) is 38.1. The number of fused-ring (bicyclic) bond motifs is 1. The largest absolute Gasteiger partial charge is 0.394 e. The molecule has 2 fully saturated rings. The van der Waals surface area contributed by atoms with E-state index in [9.17, 15) is 20.1 Å². The third-order valence-corrected chi connectivity index (χ3v) is 8.15. The number of rotatable bonds is 10. The van der Waals surface area contributed by atoms with E-state index in [-0.39, 0.29) is 18.6 Å². The highest BCUT2D eigenvalue weighted by molar-refractivity contribution is 5.85. The summed E-state index contributed by atoms with van der Waals surface area (Å²) in [7, 11) is 4.13. The van der Waals surface area contributed by atoms with Crippen molar-refractivity contribution >= 4 is 28.8 Å². The van der Waals surface area contributed by atoms with Gasteiger partial charge in [-0.1, -0.05) is 37.3 Å². The second-order valence-electron chi connectivity index (χ2n) is 11.1. The number of aliphatic hydroxyl groups is 3. The molecule has 12 nitrogen and oxygen atoms in total. The van der Waals surface area contributed by atoms with Crippen LogP contribution in [0.5, 0.6) is 0 Å². The SMILES string of the molecule is CCC(=O)N[C@H]1C[C@@H](n2cnc3c(N[C@H](CO)Cc4ccccc4)nc(N4CC[C@@H](N(C)C)C4)nc32)[C@H](O)[C@@H]1O. The summed E-state index contributed by atoms with van der Waals surface area (Å²) in [5.41, 5.74) is 2.12. The third kappa shape index (κ3) is 5.75. The van der Waals surface area contributed by atoms with Crippen LogP contribution in [-0.4, -0.2) is 110 Å². The second-order valence-corrected chi connectivity index (χ2v) is 11.1. The first kappa shape index (κ1) is 28.2. The van der Waals surface area contributed by atoms with Crippen LogP contribution >= 0.6 is 0 Å². The van der Waals surface area contributed by atoms with Crippen molar-refractivity contribution in [2.24, 2.45) is 0 Å². The third-order valence-electron chi connectivity index (χ3n) is 8.15. The molecule has 216 valence electrons. The van der Waals surface area contributed by atoms with Crippen LogP contribution < -0.4 is 15.5 Å². The molecule has 0 radical (unpaired) electrons. The van der Waals surface area contributed by atoms with Crippen molar-refractivity contribution < 1.29 is 20.1 Å². The topological polar surface area (TPSA) is 152 Å². The Morgan fingerprint density at radius 2 is 1.95 bits per heavy atom. The van der Waals surface area contributed by atoms with Crippen molar-refractivity contribution in [3.63, 3.8) is 0 Å². The monoisotopic (exact) mass is 552 g/mol. The number of aliphatic hydroxyl groups excluding tert-OH is 3. The minimum Gasteiger partial charge on any atom is -0.394 e. The summed E-state index contributed by atoms with van der Waals surface area (Å²) < 4.78 is 1.78. The van der Waals surface area contributed by atoms with E-state index in [2.05, 4.69) is 39.5 Å². The van der Waals surface area contributed by atoms with Gasteiger partial charge in [-0.15, -0.1) is 0 Å². The highest BCUT2D eigenvalue weighted by atomic mass is 16.3. The molecule has 12 heteroatoms. The highest BCUT2D eigenvalue weighted by Gasteiger charge is 2.44. The smallest absolute Gasteiger partial charge is 0.229 e. The average Bonchev–Trinajstić information content (AvgIpc) is 3.68. The molecule has 0 unspecified atom stereocenters. The first-order valence-electron chi connectivity index (χ1n) is 14.0. The van der Waals surface area contributed by atoms with Crippen LogP contribution in [0.2, 0.25) is 0 Å². The fourth-order valence-corrected chi connectivity index (χ4v) is 5.72. The average molecular weight is 553 g/mol. The predicted octanol–water partition coefficient (Wildman–Crippen LogP) is 0.544. The Hall–Kier alpha value is -3.32. The molecule has 1 amide bonds. The lowest BCUT2D eigenvalue weighted by Gasteiger charge is -2.23. The van der Waals surface area contributed by atoms with Crippen LogP contribution in [0.3, 0.4) is 0 Å². The molecule has 5 rings (SSSR count). The van der Waals surface area contributed by atoms with Gasteiger partial charge in [-0.05, 0) is 38.9 Å². The number of imidazole rings is 1. The maximum atomic E-state index is 12.0. The number of carbonyl (C=O) groups is 1. The van der Waals surface area contributed by atoms with Crippen LogP contribution in [0.1, 0.15) is 37.8 Å². The fourth-order valence-electron chi connectivity index (χ4n) is 5.72. The Kier molecular flexibility index (Phi) is 8.50. The lowest BCUT2D eigenvalue weighted by Crippen LogP contribution is -2.42. The quantitative estimate of drug-likeness (QED) is 0.241. The van der Waals surface area contributed by atoms with Gasteiger partial charge in [-0.3, -0.25) is 4.79 Å².